The van der Waals surface area contributed by atoms with Crippen molar-refractivity contribution in [3.8, 4) is 0 Å². The first-order valence-electron chi connectivity index (χ1n) is 42.4. The summed E-state index contributed by atoms with van der Waals surface area (Å²) in [5, 5.41) is 14.4. The number of rotatable bonds is 49. The molecule has 0 saturated heterocycles. The number of Topliss-reactive ketones (excluding diaryl/α,β-unsaturated/α-hetero) is 1. The molecular weight excluding hydrogens is 1850 g/mol. The summed E-state index contributed by atoms with van der Waals surface area (Å²) in [6.45, 7) is 17.4. The highest BCUT2D eigenvalue weighted by molar-refractivity contribution is 7.91. The molecule has 3 unspecified atom stereocenters. The predicted octanol–water partition coefficient (Wildman–Crippen LogP) is 15.8. The Bertz CT molecular complexity index is 5140. The molecule has 0 fully saturated rings. The summed E-state index contributed by atoms with van der Waals surface area (Å²) in [5.41, 5.74) is 16.9. The number of nitrogens with one attached hydrogen (secondary N) is 4. The van der Waals surface area contributed by atoms with Crippen molar-refractivity contribution >= 4 is 128 Å². The van der Waals surface area contributed by atoms with E-state index in [1.165, 1.54) is 24.3 Å². The summed E-state index contributed by atoms with van der Waals surface area (Å²) in [6, 6.07) is 44.9. The van der Waals surface area contributed by atoms with Crippen molar-refractivity contribution in [2.75, 3.05) is 197 Å². The van der Waals surface area contributed by atoms with E-state index in [9.17, 15) is 44.7 Å². The van der Waals surface area contributed by atoms with Gasteiger partial charge >= 0.3 is 6.03 Å². The van der Waals surface area contributed by atoms with Crippen LogP contribution in [0.15, 0.2) is 183 Å². The fraction of sp³-hybridized carbons (Fsp3) is 0.451. The number of sulfonamides is 2. The number of nitrogens with zero attached hydrogens (tertiary/aromatic N) is 5. The van der Waals surface area contributed by atoms with Crippen molar-refractivity contribution in [1.82, 2.24) is 29.5 Å². The van der Waals surface area contributed by atoms with Gasteiger partial charge in [-0.1, -0.05) is 118 Å². The van der Waals surface area contributed by atoms with E-state index in [0.717, 1.165) is 94.9 Å². The monoisotopic (exact) mass is 1960 g/mol. The molecule has 2 amide bonds. The molecule has 38 heteroatoms. The van der Waals surface area contributed by atoms with E-state index in [1.807, 2.05) is 102 Å². The van der Waals surface area contributed by atoms with Crippen LogP contribution in [0.25, 0.3) is 0 Å². The standard InChI is InChI=1S/C37H47Cl2N3O7S.C24H33Cl2N3O5S.C24H32Cl2N2O5S.C6H4N2O2/c1-3-40-37(44)41-30-11-7-27(8-12-30)22-31(43)6-4-15-47-17-19-49-20-18-48-16-5-21-50(45,46)32-13-9-28(10-14-32)34-25-42(2)26-35-33(34)23-29(38)24-36(35)39;1-29-16-22(21-14-19(25)15-24(26)23(21)17-29)18-2-4-20(5-3-18)35(30,31)28-7-9-33-11-13-34-12-10-32-8-6-27;1-3-31-10-11-33-13-12-32-9-8-27-34(29,30)20-6-4-18(5-7-20)22-16-28(2)17-23-21(22)14-19(25)15-24(23)26;9-7-5-1-2-6(8-10)4-3-5/h7-14,23-24,34H,3-6,15-22,25-26H2,1-2H3,(H2,40,41,44);2-5,14-15,22,28H,6-13,16-17,27H2,1H3;4-7,14-15,22,27H,3,8-13,16-17H2,1-2H3;1-4H. The van der Waals surface area contributed by atoms with E-state index in [2.05, 4.69) is 45.1 Å². The Hall–Kier alpha value is -7.11. The molecule has 29 nitrogen and oxygen atoms in total. The first kappa shape index (κ1) is 107. The number of ketones is 1. The van der Waals surface area contributed by atoms with Crippen LogP contribution in [-0.2, 0) is 103 Å². The number of hydrogen-bond acceptors (Lipinski definition) is 25. The molecular formula is C91H116Cl6N10O19S3. The summed E-state index contributed by atoms with van der Waals surface area (Å²) < 4.78 is 130. The lowest BCUT2D eigenvalue weighted by molar-refractivity contribution is -0.118. The first-order chi connectivity index (χ1) is 62.0. The van der Waals surface area contributed by atoms with Gasteiger partial charge in [0.05, 0.1) is 120 Å². The third-order valence-corrected chi connectivity index (χ3v) is 27.0. The van der Waals surface area contributed by atoms with E-state index < -0.39 is 29.9 Å². The van der Waals surface area contributed by atoms with E-state index in [1.54, 1.807) is 66.7 Å². The van der Waals surface area contributed by atoms with E-state index in [0.29, 0.717) is 197 Å². The summed E-state index contributed by atoms with van der Waals surface area (Å²) >= 11 is 38.2. The number of halogens is 6. The number of nitroso groups, excluding NO2 is 2. The zero-order valence-corrected chi connectivity index (χ0v) is 80.1. The zero-order chi connectivity index (χ0) is 93.1. The summed E-state index contributed by atoms with van der Waals surface area (Å²) in [4.78, 5) is 50.9. The number of sulfone groups is 1. The predicted molar refractivity (Wildman–Crippen MR) is 507 cm³/mol. The minimum Gasteiger partial charge on any atom is -0.379 e. The second-order valence-corrected chi connectivity index (χ2v) is 38.5. The van der Waals surface area contributed by atoms with Crippen LogP contribution < -0.4 is 25.8 Å². The molecule has 8 aromatic rings. The average Bonchev–Trinajstić information content (AvgIpc) is 0.782. The lowest BCUT2D eigenvalue weighted by atomic mass is 9.85. The number of hydrogen-bond donors (Lipinski definition) is 5. The van der Waals surface area contributed by atoms with Crippen molar-refractivity contribution in [1.29, 1.82) is 0 Å². The molecule has 0 spiro atoms. The molecule has 3 heterocycles. The lowest BCUT2D eigenvalue weighted by Crippen LogP contribution is -2.31. The number of carbonyl (C=O) groups excluding carboxylic acids is 2. The maximum atomic E-state index is 12.9. The number of nitrogens with two attached hydrogens (primary N) is 1. The average molecular weight is 1960 g/mol. The Morgan fingerprint density at radius 2 is 0.767 bits per heavy atom. The van der Waals surface area contributed by atoms with E-state index >= 15 is 0 Å². The van der Waals surface area contributed by atoms with Crippen LogP contribution in [0.2, 0.25) is 30.1 Å². The van der Waals surface area contributed by atoms with Gasteiger partial charge in [0.25, 0.3) is 0 Å². The molecule has 6 N–H and O–H groups in total. The van der Waals surface area contributed by atoms with Crippen LogP contribution in [0.4, 0.5) is 21.9 Å². The van der Waals surface area contributed by atoms with Gasteiger partial charge in [-0.3, -0.25) is 4.79 Å². The topological polar surface area (TPSA) is 362 Å². The molecule has 3 aliphatic heterocycles. The fourth-order valence-corrected chi connectivity index (χ4v) is 19.3. The molecule has 3 atom stereocenters. The Labute approximate surface area is 787 Å². The number of fused-ring (bicyclic) bond motifs is 3. The number of urea groups is 1. The largest absolute Gasteiger partial charge is 0.379 e. The van der Waals surface area contributed by atoms with Crippen LogP contribution in [0.3, 0.4) is 0 Å². The Balaban J connectivity index is 0.000000231. The van der Waals surface area contributed by atoms with Gasteiger partial charge in [-0.25, -0.2) is 39.5 Å². The van der Waals surface area contributed by atoms with E-state index in [4.69, 9.17) is 118 Å². The van der Waals surface area contributed by atoms with Crippen LogP contribution in [0.1, 0.15) is 106 Å². The number of anilines is 1. The molecule has 0 radical (unpaired) electrons. The van der Waals surface area contributed by atoms with Gasteiger partial charge in [-0.05, 0) is 223 Å². The van der Waals surface area contributed by atoms with Crippen molar-refractivity contribution in [3.63, 3.8) is 0 Å². The molecule has 0 aromatic heterocycles. The minimum absolute atomic E-state index is 0.00721. The molecule has 0 saturated carbocycles. The SMILES string of the molecule is CCNC(=O)Nc1ccc(CC(=O)CCCOCCOCCOCCCS(=O)(=O)c2ccc(C3CN(C)Cc4c(Cl)cc(Cl)cc43)cc2)cc1.CCOCCOCCOCCNS(=O)(=O)c1ccc(C2CN(C)Cc3c(Cl)cc(Cl)cc32)cc1.CN1Cc2c(Cl)cc(Cl)cc2C(c2ccc(S(=O)(=O)NCCOCCOCCOCCN)cc2)C1.O=Nc1ccc(N=O)cc1. The number of amides is 2. The molecule has 0 bridgehead atoms. The Morgan fingerprint density at radius 1 is 0.426 bits per heavy atom. The van der Waals surface area contributed by atoms with Gasteiger partial charge in [0.1, 0.15) is 17.2 Å². The minimum atomic E-state index is -3.64. The molecule has 704 valence electrons. The van der Waals surface area contributed by atoms with Gasteiger partial charge < -0.3 is 73.7 Å². The number of benzene rings is 8. The second-order valence-electron chi connectivity index (χ2n) is 30.4. The summed E-state index contributed by atoms with van der Waals surface area (Å²) in [5.74, 6) is 0.268. The fourth-order valence-electron chi connectivity index (χ4n) is 14.2. The van der Waals surface area contributed by atoms with Crippen molar-refractivity contribution < 1.29 is 77.5 Å². The normalized spacial score (nSPS) is 15.2. The quantitative estimate of drug-likeness (QED) is 0.0175. The maximum absolute atomic E-state index is 12.9. The van der Waals surface area contributed by atoms with Gasteiger partial charge in [0, 0.05) is 152 Å². The second kappa shape index (κ2) is 56.8. The Kier molecular flexibility index (Phi) is 47.2. The zero-order valence-electron chi connectivity index (χ0n) is 73.1. The highest BCUT2D eigenvalue weighted by Crippen LogP contribution is 2.42. The van der Waals surface area contributed by atoms with Gasteiger partial charge in [0.2, 0.25) is 20.0 Å². The van der Waals surface area contributed by atoms with Gasteiger partial charge in [-0.15, -0.1) is 9.81 Å². The van der Waals surface area contributed by atoms with Crippen molar-refractivity contribution in [2.45, 2.75) is 91.6 Å². The third kappa shape index (κ3) is 36.7. The first-order valence-corrected chi connectivity index (χ1v) is 49.3. The molecule has 8 aromatic carbocycles. The third-order valence-electron chi connectivity index (χ3n) is 20.5. The molecule has 0 aliphatic carbocycles. The van der Waals surface area contributed by atoms with Crippen LogP contribution >= 0.6 is 69.6 Å². The summed E-state index contributed by atoms with van der Waals surface area (Å²) in [7, 11) is -4.60. The Morgan fingerprint density at radius 3 is 1.12 bits per heavy atom. The van der Waals surface area contributed by atoms with Gasteiger partial charge in [-0.2, -0.15) is 0 Å². The van der Waals surface area contributed by atoms with Crippen LogP contribution in [0.5, 0.6) is 0 Å². The van der Waals surface area contributed by atoms with E-state index in [-0.39, 0.29) is 71.4 Å². The number of carbonyl (C=O) groups is 2. The maximum Gasteiger partial charge on any atom is 0.319 e. The smallest absolute Gasteiger partial charge is 0.319 e. The highest BCUT2D eigenvalue weighted by Gasteiger charge is 2.32. The highest BCUT2D eigenvalue weighted by atomic mass is 35.5. The van der Waals surface area contributed by atoms with Gasteiger partial charge in [0.15, 0.2) is 9.84 Å². The lowest BCUT2D eigenvalue weighted by Gasteiger charge is -2.33. The van der Waals surface area contributed by atoms with Crippen molar-refractivity contribution in [2.24, 2.45) is 16.1 Å². The number of likely N-dealkylation sites (N-methyl/N-ethyl adjacent to an activating group) is 3. The summed E-state index contributed by atoms with van der Waals surface area (Å²) in [6.07, 6.45) is 1.77. The van der Waals surface area contributed by atoms with Crippen LogP contribution in [-0.4, -0.2) is 243 Å². The molecule has 3 aliphatic rings. The van der Waals surface area contributed by atoms with Crippen molar-refractivity contribution in [3.05, 3.63) is 253 Å². The number of ether oxygens (including phenoxy) is 9. The van der Waals surface area contributed by atoms with Crippen LogP contribution in [0, 0.1) is 9.81 Å². The molecule has 129 heavy (non-hydrogen) atoms. The molecule has 11 rings (SSSR count).